The highest BCUT2D eigenvalue weighted by atomic mass is 16.2. The third kappa shape index (κ3) is 3.60. The van der Waals surface area contributed by atoms with Gasteiger partial charge in [-0.3, -0.25) is 14.3 Å². The number of rotatable bonds is 4. The highest BCUT2D eigenvalue weighted by Crippen LogP contribution is 2.23. The van der Waals surface area contributed by atoms with Crippen LogP contribution in [0, 0.1) is 0 Å². The minimum absolute atomic E-state index is 0.0599. The maximum atomic E-state index is 12.7. The number of carbonyl (C=O) groups is 1. The number of hydrogen-bond donors (Lipinski definition) is 1. The van der Waals surface area contributed by atoms with Gasteiger partial charge >= 0.3 is 0 Å². The van der Waals surface area contributed by atoms with Crippen molar-refractivity contribution in [2.45, 2.75) is 12.8 Å². The van der Waals surface area contributed by atoms with Crippen molar-refractivity contribution in [1.82, 2.24) is 34.6 Å². The topological polar surface area (TPSA) is 113 Å². The van der Waals surface area contributed by atoms with Gasteiger partial charge in [0, 0.05) is 46.1 Å². The second-order valence-corrected chi connectivity index (χ2v) is 7.60. The van der Waals surface area contributed by atoms with Crippen molar-refractivity contribution in [3.8, 4) is 0 Å². The first kappa shape index (κ1) is 19.2. The minimum atomic E-state index is -0.173. The van der Waals surface area contributed by atoms with Gasteiger partial charge in [-0.05, 0) is 12.1 Å². The first-order valence-electron chi connectivity index (χ1n) is 10.2. The van der Waals surface area contributed by atoms with Crippen molar-refractivity contribution in [2.24, 2.45) is 7.05 Å². The van der Waals surface area contributed by atoms with Crippen molar-refractivity contribution in [1.29, 1.82) is 0 Å². The molecule has 1 fully saturated rings. The molecule has 0 saturated carbocycles. The zero-order valence-corrected chi connectivity index (χ0v) is 17.2. The number of amides is 1. The Morgan fingerprint density at radius 3 is 2.74 bits per heavy atom. The van der Waals surface area contributed by atoms with Gasteiger partial charge < -0.3 is 14.8 Å². The fourth-order valence-corrected chi connectivity index (χ4v) is 4.01. The summed E-state index contributed by atoms with van der Waals surface area (Å²) in [5, 5.41) is 5.73. The number of H-pyrrole nitrogens is 1. The molecule has 0 bridgehead atoms. The van der Waals surface area contributed by atoms with E-state index in [-0.39, 0.29) is 11.5 Å². The summed E-state index contributed by atoms with van der Waals surface area (Å²) in [7, 11) is 1.85. The molecule has 158 valence electrons. The van der Waals surface area contributed by atoms with E-state index in [1.807, 2.05) is 30.1 Å². The number of piperazine rings is 1. The predicted octanol–water partition coefficient (Wildman–Crippen LogP) is 0.881. The Morgan fingerprint density at radius 2 is 1.90 bits per heavy atom. The molecule has 1 saturated heterocycles. The van der Waals surface area contributed by atoms with E-state index in [0.717, 1.165) is 16.9 Å². The molecular formula is C21H22N8O2. The first-order valence-corrected chi connectivity index (χ1v) is 10.2. The summed E-state index contributed by atoms with van der Waals surface area (Å²) in [6, 6.07) is 7.21. The van der Waals surface area contributed by atoms with Crippen LogP contribution in [-0.2, 0) is 18.3 Å². The van der Waals surface area contributed by atoms with Crippen LogP contribution in [0.5, 0.6) is 0 Å². The molecular weight excluding hydrogens is 396 g/mol. The highest BCUT2D eigenvalue weighted by molar-refractivity contribution is 5.87. The molecule has 0 atom stereocenters. The standard InChI is InChI=1S/C21H22N8O2/c1-27-19-15(12-24-27)20(23-13-22-19)29-10-8-28(9-11-29)18(30)7-6-17-25-16-5-3-2-4-14(16)21(31)26-17/h2-5,12-13H,6-11H2,1H3,(H,25,26,31). The third-order valence-corrected chi connectivity index (χ3v) is 5.68. The van der Waals surface area contributed by atoms with Crippen molar-refractivity contribution in [2.75, 3.05) is 31.1 Å². The third-order valence-electron chi connectivity index (χ3n) is 5.68. The van der Waals surface area contributed by atoms with E-state index >= 15 is 0 Å². The first-order chi connectivity index (χ1) is 15.1. The smallest absolute Gasteiger partial charge is 0.258 e. The molecule has 10 heteroatoms. The summed E-state index contributed by atoms with van der Waals surface area (Å²) in [6.45, 7) is 2.62. The fourth-order valence-electron chi connectivity index (χ4n) is 4.01. The number of anilines is 1. The van der Waals surface area contributed by atoms with E-state index in [9.17, 15) is 9.59 Å². The number of aromatic nitrogens is 6. The van der Waals surface area contributed by atoms with Gasteiger partial charge in [-0.1, -0.05) is 12.1 Å². The Bertz CT molecular complexity index is 1320. The number of aromatic amines is 1. The molecule has 1 aliphatic rings. The molecule has 31 heavy (non-hydrogen) atoms. The minimum Gasteiger partial charge on any atom is -0.352 e. The van der Waals surface area contributed by atoms with Crippen molar-refractivity contribution in [3.63, 3.8) is 0 Å². The van der Waals surface area contributed by atoms with E-state index < -0.39 is 0 Å². The molecule has 1 aromatic carbocycles. The van der Waals surface area contributed by atoms with Crippen LogP contribution in [0.3, 0.4) is 0 Å². The molecule has 4 aromatic rings. The number of carbonyl (C=O) groups excluding carboxylic acids is 1. The fraction of sp³-hybridized carbons (Fsp3) is 0.333. The second kappa shape index (κ2) is 7.78. The summed E-state index contributed by atoms with van der Waals surface area (Å²) < 4.78 is 1.73. The van der Waals surface area contributed by atoms with Crippen molar-refractivity contribution >= 4 is 33.7 Å². The molecule has 1 aliphatic heterocycles. The van der Waals surface area contributed by atoms with Gasteiger partial charge in [0.05, 0.1) is 22.5 Å². The molecule has 1 amide bonds. The van der Waals surface area contributed by atoms with E-state index in [1.54, 1.807) is 23.3 Å². The van der Waals surface area contributed by atoms with Crippen LogP contribution >= 0.6 is 0 Å². The largest absolute Gasteiger partial charge is 0.352 e. The van der Waals surface area contributed by atoms with Gasteiger partial charge in [-0.2, -0.15) is 5.10 Å². The summed E-state index contributed by atoms with van der Waals surface area (Å²) >= 11 is 0. The number of fused-ring (bicyclic) bond motifs is 2. The van der Waals surface area contributed by atoms with E-state index in [2.05, 4.69) is 29.9 Å². The molecule has 3 aromatic heterocycles. The van der Waals surface area contributed by atoms with Crippen LogP contribution in [0.25, 0.3) is 21.9 Å². The molecule has 4 heterocycles. The monoisotopic (exact) mass is 418 g/mol. The molecule has 5 rings (SSSR count). The van der Waals surface area contributed by atoms with Gasteiger partial charge in [0.1, 0.15) is 18.0 Å². The van der Waals surface area contributed by atoms with Crippen LogP contribution in [0.15, 0.2) is 41.6 Å². The van der Waals surface area contributed by atoms with Crippen LogP contribution in [0.1, 0.15) is 12.2 Å². The molecule has 0 unspecified atom stereocenters. The lowest BCUT2D eigenvalue weighted by atomic mass is 10.2. The molecule has 10 nitrogen and oxygen atoms in total. The number of nitrogens with zero attached hydrogens (tertiary/aromatic N) is 7. The van der Waals surface area contributed by atoms with Crippen LogP contribution in [0.4, 0.5) is 5.82 Å². The molecule has 1 N–H and O–H groups in total. The van der Waals surface area contributed by atoms with Gasteiger partial charge in [0.25, 0.3) is 5.56 Å². The van der Waals surface area contributed by atoms with Gasteiger partial charge in [0.15, 0.2) is 5.65 Å². The van der Waals surface area contributed by atoms with E-state index in [1.165, 1.54) is 0 Å². The van der Waals surface area contributed by atoms with E-state index in [4.69, 9.17) is 0 Å². The number of benzene rings is 1. The average molecular weight is 418 g/mol. The lowest BCUT2D eigenvalue weighted by Crippen LogP contribution is -2.49. The number of aryl methyl sites for hydroxylation is 2. The molecule has 0 radical (unpaired) electrons. The zero-order valence-electron chi connectivity index (χ0n) is 17.2. The van der Waals surface area contributed by atoms with Crippen LogP contribution < -0.4 is 10.5 Å². The quantitative estimate of drug-likeness (QED) is 0.523. The van der Waals surface area contributed by atoms with Crippen molar-refractivity contribution < 1.29 is 4.79 Å². The number of hydrogen-bond acceptors (Lipinski definition) is 7. The highest BCUT2D eigenvalue weighted by Gasteiger charge is 2.23. The number of nitrogens with one attached hydrogen (secondary N) is 1. The Morgan fingerprint density at radius 1 is 1.10 bits per heavy atom. The SMILES string of the molecule is Cn1ncc2c(N3CCN(C(=O)CCc4nc5ccccc5c(=O)[nH]4)CC3)ncnc21. The normalized spacial score (nSPS) is 14.5. The Labute approximate surface area is 177 Å². The molecule has 0 spiro atoms. The summed E-state index contributed by atoms with van der Waals surface area (Å²) in [4.78, 5) is 44.9. The van der Waals surface area contributed by atoms with Gasteiger partial charge in [0.2, 0.25) is 5.91 Å². The maximum absolute atomic E-state index is 12.7. The van der Waals surface area contributed by atoms with Crippen LogP contribution in [0.2, 0.25) is 0 Å². The summed E-state index contributed by atoms with van der Waals surface area (Å²) in [5.74, 6) is 1.45. The summed E-state index contributed by atoms with van der Waals surface area (Å²) in [6.07, 6.45) is 4.04. The lowest BCUT2D eigenvalue weighted by Gasteiger charge is -2.35. The molecule has 0 aliphatic carbocycles. The van der Waals surface area contributed by atoms with Gasteiger partial charge in [-0.15, -0.1) is 0 Å². The Hall–Kier alpha value is -3.82. The lowest BCUT2D eigenvalue weighted by molar-refractivity contribution is -0.131. The van der Waals surface area contributed by atoms with Crippen molar-refractivity contribution in [3.05, 3.63) is 53.0 Å². The zero-order chi connectivity index (χ0) is 21.4. The number of para-hydroxylation sites is 1. The second-order valence-electron chi connectivity index (χ2n) is 7.60. The average Bonchev–Trinajstić information content (AvgIpc) is 3.19. The Kier molecular flexibility index (Phi) is 4.81. The predicted molar refractivity (Wildman–Crippen MR) is 116 cm³/mol. The van der Waals surface area contributed by atoms with Gasteiger partial charge in [-0.25, -0.2) is 15.0 Å². The maximum Gasteiger partial charge on any atom is 0.258 e. The van der Waals surface area contributed by atoms with Crippen LogP contribution in [-0.4, -0.2) is 66.7 Å². The summed E-state index contributed by atoms with van der Waals surface area (Å²) in [5.41, 5.74) is 1.27. The Balaban J connectivity index is 1.22. The van der Waals surface area contributed by atoms with E-state index in [0.29, 0.717) is 55.7 Å².